The minimum Gasteiger partial charge on any atom is -0.491 e. The van der Waals surface area contributed by atoms with Crippen LogP contribution < -0.4 is 15.5 Å². The molecule has 2 rings (SSSR count). The zero-order valence-corrected chi connectivity index (χ0v) is 19.2. The molecule has 2 aromatic carbocycles. The molecule has 9 heteroatoms. The number of hydrogen-bond acceptors (Lipinski definition) is 7. The number of aliphatic hydroxyl groups excluding tert-OH is 1. The lowest BCUT2D eigenvalue weighted by molar-refractivity contribution is -0.124. The first kappa shape index (κ1) is 26.6. The van der Waals surface area contributed by atoms with E-state index in [0.717, 1.165) is 0 Å². The minimum absolute atomic E-state index is 0.0759. The maximum absolute atomic E-state index is 12.7. The van der Waals surface area contributed by atoms with Gasteiger partial charge in [0.25, 0.3) is 5.91 Å². The average Bonchev–Trinajstić information content (AvgIpc) is 2.84. The molecule has 0 heterocycles. The molecule has 2 atom stereocenters. The molecule has 0 unspecified atom stereocenters. The molecule has 9 nitrogen and oxygen atoms in total. The van der Waals surface area contributed by atoms with E-state index in [1.54, 1.807) is 54.6 Å². The van der Waals surface area contributed by atoms with Gasteiger partial charge in [-0.1, -0.05) is 31.2 Å². The van der Waals surface area contributed by atoms with Gasteiger partial charge < -0.3 is 14.6 Å². The Morgan fingerprint density at radius 2 is 1.79 bits per heavy atom. The highest BCUT2D eigenvalue weighted by molar-refractivity contribution is 5.95. The van der Waals surface area contributed by atoms with Crippen molar-refractivity contribution in [2.45, 2.75) is 32.8 Å². The lowest BCUT2D eigenvalue weighted by Crippen LogP contribution is -2.23. The Bertz CT molecular complexity index is 989. The highest BCUT2D eigenvalue weighted by Crippen LogP contribution is 2.35. The highest BCUT2D eigenvalue weighted by atomic mass is 16.6. The van der Waals surface area contributed by atoms with Gasteiger partial charge in [0.1, 0.15) is 18.5 Å². The van der Waals surface area contributed by atoms with Gasteiger partial charge in [-0.3, -0.25) is 20.1 Å². The third-order valence-corrected chi connectivity index (χ3v) is 5.03. The van der Waals surface area contributed by atoms with E-state index in [1.165, 1.54) is 18.5 Å². The first-order valence-electron chi connectivity index (χ1n) is 10.9. The van der Waals surface area contributed by atoms with E-state index in [2.05, 4.69) is 5.32 Å². The van der Waals surface area contributed by atoms with Crippen LogP contribution in [-0.4, -0.2) is 41.3 Å². The molecule has 0 aliphatic rings. The molecule has 2 amide bonds. The molecule has 4 N–H and O–H groups in total. The summed E-state index contributed by atoms with van der Waals surface area (Å²) in [5.74, 6) is -0.389. The van der Waals surface area contributed by atoms with Crippen molar-refractivity contribution in [3.8, 4) is 5.75 Å². The predicted molar refractivity (Wildman–Crippen MR) is 126 cm³/mol. The molecule has 0 aliphatic heterocycles. The molecule has 0 aliphatic carbocycles. The van der Waals surface area contributed by atoms with Crippen molar-refractivity contribution < 1.29 is 34.2 Å². The monoisotopic (exact) mass is 470 g/mol. The first-order chi connectivity index (χ1) is 16.3. The van der Waals surface area contributed by atoms with Crippen molar-refractivity contribution in [2.24, 2.45) is 5.92 Å². The summed E-state index contributed by atoms with van der Waals surface area (Å²) in [6, 6.07) is 13.6. The fourth-order valence-electron chi connectivity index (χ4n) is 3.28. The summed E-state index contributed by atoms with van der Waals surface area (Å²) in [5, 5.41) is 20.4. The third-order valence-electron chi connectivity index (χ3n) is 5.03. The second-order valence-corrected chi connectivity index (χ2v) is 7.63. The molecule has 0 spiro atoms. The van der Waals surface area contributed by atoms with Crippen LogP contribution in [0.2, 0.25) is 0 Å². The van der Waals surface area contributed by atoms with Gasteiger partial charge in [0.2, 0.25) is 0 Å². The number of benzene rings is 2. The Morgan fingerprint density at radius 3 is 2.44 bits per heavy atom. The quantitative estimate of drug-likeness (QED) is 0.159. The van der Waals surface area contributed by atoms with Gasteiger partial charge in [-0.25, -0.2) is 10.3 Å². The first-order valence-corrected chi connectivity index (χ1v) is 10.9. The summed E-state index contributed by atoms with van der Waals surface area (Å²) >= 11 is 0. The van der Waals surface area contributed by atoms with Crippen molar-refractivity contribution in [3.05, 3.63) is 71.8 Å². The van der Waals surface area contributed by atoms with E-state index >= 15 is 0 Å². The lowest BCUT2D eigenvalue weighted by atomic mass is 9.92. The normalized spacial score (nSPS) is 12.6. The lowest BCUT2D eigenvalue weighted by Gasteiger charge is -2.26. The Balaban J connectivity index is 2.19. The van der Waals surface area contributed by atoms with E-state index in [1.807, 2.05) is 6.92 Å². The second-order valence-electron chi connectivity index (χ2n) is 7.63. The van der Waals surface area contributed by atoms with Crippen LogP contribution in [-0.2, 0) is 9.53 Å². The summed E-state index contributed by atoms with van der Waals surface area (Å²) in [7, 11) is 0. The van der Waals surface area contributed by atoms with Crippen molar-refractivity contribution in [3.63, 3.8) is 0 Å². The van der Waals surface area contributed by atoms with Crippen LogP contribution in [0.3, 0.4) is 0 Å². The maximum Gasteiger partial charge on any atom is 0.412 e. The van der Waals surface area contributed by atoms with E-state index in [4.69, 9.17) is 19.8 Å². The summed E-state index contributed by atoms with van der Waals surface area (Å²) in [5.41, 5.74) is 3.18. The van der Waals surface area contributed by atoms with Crippen molar-refractivity contribution in [1.29, 1.82) is 0 Å². The Kier molecular flexibility index (Phi) is 10.8. The van der Waals surface area contributed by atoms with E-state index in [9.17, 15) is 14.4 Å². The van der Waals surface area contributed by atoms with E-state index < -0.39 is 18.1 Å². The number of ketones is 1. The van der Waals surface area contributed by atoms with Crippen LogP contribution in [0.5, 0.6) is 5.75 Å². The smallest absolute Gasteiger partial charge is 0.412 e. The van der Waals surface area contributed by atoms with Gasteiger partial charge >= 0.3 is 6.09 Å². The van der Waals surface area contributed by atoms with Crippen LogP contribution in [0.15, 0.2) is 60.7 Å². The number of aliphatic hydroxyl groups is 1. The van der Waals surface area contributed by atoms with Crippen molar-refractivity contribution in [1.82, 2.24) is 5.48 Å². The molecule has 2 aromatic rings. The number of para-hydroxylation sites is 1. The predicted octanol–water partition coefficient (Wildman–Crippen LogP) is 4.03. The molecule has 0 saturated heterocycles. The van der Waals surface area contributed by atoms with Gasteiger partial charge in [-0.05, 0) is 56.0 Å². The standard InChI is InChI=1S/C25H30N2O7/c1-17(7-3-6-10-23(30)27-32)24(21-8-4-5-9-22(21)33-16-15-28)34-25(31)26-20-13-11-19(12-14-20)18(2)29/h4-6,8-14,17,24,28,32H,3,7,15-16H2,1-2H3,(H,26,31)(H,27,30)/b10-6+/t17-,24+/m0/s1. The molecule has 0 aromatic heterocycles. The number of carbonyl (C=O) groups excluding carboxylic acids is 3. The number of nitrogens with one attached hydrogen (secondary N) is 2. The van der Waals surface area contributed by atoms with Crippen LogP contribution in [0.1, 0.15) is 48.7 Å². The topological polar surface area (TPSA) is 134 Å². The average molecular weight is 471 g/mol. The molecule has 0 saturated carbocycles. The van der Waals surface area contributed by atoms with Gasteiger partial charge in [-0.2, -0.15) is 0 Å². The van der Waals surface area contributed by atoms with Crippen LogP contribution >= 0.6 is 0 Å². The number of allylic oxidation sites excluding steroid dienone is 1. The Morgan fingerprint density at radius 1 is 1.09 bits per heavy atom. The molecule has 34 heavy (non-hydrogen) atoms. The molecular formula is C25H30N2O7. The van der Waals surface area contributed by atoms with Crippen LogP contribution in [0.25, 0.3) is 0 Å². The van der Waals surface area contributed by atoms with E-state index in [-0.39, 0.29) is 24.9 Å². The molecular weight excluding hydrogens is 440 g/mol. The summed E-state index contributed by atoms with van der Waals surface area (Å²) in [6.45, 7) is 3.29. The third kappa shape index (κ3) is 8.34. The minimum atomic E-state index is -0.688. The number of anilines is 1. The molecule has 0 fully saturated rings. The van der Waals surface area contributed by atoms with Crippen molar-refractivity contribution in [2.75, 3.05) is 18.5 Å². The zero-order chi connectivity index (χ0) is 24.9. The fraction of sp³-hybridized carbons (Fsp3) is 0.320. The number of ether oxygens (including phenoxy) is 2. The summed E-state index contributed by atoms with van der Waals surface area (Å²) in [6.07, 6.45) is 2.53. The van der Waals surface area contributed by atoms with Gasteiger partial charge in [-0.15, -0.1) is 0 Å². The summed E-state index contributed by atoms with van der Waals surface area (Å²) < 4.78 is 11.4. The van der Waals surface area contributed by atoms with E-state index in [0.29, 0.717) is 35.4 Å². The van der Waals surface area contributed by atoms with Gasteiger partial charge in [0, 0.05) is 22.9 Å². The molecule has 0 radical (unpaired) electrons. The van der Waals surface area contributed by atoms with Crippen LogP contribution in [0.4, 0.5) is 10.5 Å². The number of hydroxylamine groups is 1. The Labute approximate surface area is 198 Å². The fourth-order valence-corrected chi connectivity index (χ4v) is 3.28. The Hall–Kier alpha value is -3.69. The number of rotatable bonds is 12. The van der Waals surface area contributed by atoms with Gasteiger partial charge in [0.15, 0.2) is 5.78 Å². The number of hydrogen-bond donors (Lipinski definition) is 4. The largest absolute Gasteiger partial charge is 0.491 e. The second kappa shape index (κ2) is 13.8. The molecule has 182 valence electrons. The summed E-state index contributed by atoms with van der Waals surface area (Å²) in [4.78, 5) is 35.3. The maximum atomic E-state index is 12.7. The highest BCUT2D eigenvalue weighted by Gasteiger charge is 2.26. The van der Waals surface area contributed by atoms with Crippen LogP contribution in [0, 0.1) is 5.92 Å². The number of carbonyl (C=O) groups is 3. The SMILES string of the molecule is CC(=O)c1ccc(NC(=O)O[C@@H](c2ccccc2OCCO)[C@@H](C)CC/C=C/C(=O)NO)cc1. The zero-order valence-electron chi connectivity index (χ0n) is 19.2. The van der Waals surface area contributed by atoms with Gasteiger partial charge in [0.05, 0.1) is 6.61 Å². The molecule has 0 bridgehead atoms. The number of amides is 2. The van der Waals surface area contributed by atoms with Crippen molar-refractivity contribution >= 4 is 23.5 Å². The number of Topliss-reactive ketones (excluding diaryl/α,β-unsaturated/α-hetero) is 1.